The van der Waals surface area contributed by atoms with Crippen molar-refractivity contribution in [3.05, 3.63) is 72.3 Å². The van der Waals surface area contributed by atoms with Crippen molar-refractivity contribution in [2.24, 2.45) is 0 Å². The quantitative estimate of drug-likeness (QED) is 0.751. The molecule has 0 aliphatic heterocycles. The summed E-state index contributed by atoms with van der Waals surface area (Å²) in [6.45, 7) is 0.496. The molecule has 0 aliphatic rings. The summed E-state index contributed by atoms with van der Waals surface area (Å²) in [6.07, 6.45) is 1.47. The molecule has 1 heterocycles. The zero-order valence-electron chi connectivity index (χ0n) is 13.3. The van der Waals surface area contributed by atoms with Gasteiger partial charge in [0, 0.05) is 19.3 Å². The van der Waals surface area contributed by atoms with Gasteiger partial charge in [-0.15, -0.1) is 0 Å². The van der Waals surface area contributed by atoms with Gasteiger partial charge in [0.1, 0.15) is 17.8 Å². The summed E-state index contributed by atoms with van der Waals surface area (Å²) in [5, 5.41) is 3.17. The summed E-state index contributed by atoms with van der Waals surface area (Å²) in [6, 6.07) is 16.1. The van der Waals surface area contributed by atoms with E-state index in [9.17, 15) is 4.39 Å². The molecule has 0 radical (unpaired) electrons. The van der Waals surface area contributed by atoms with Crippen LogP contribution in [0.1, 0.15) is 5.56 Å². The van der Waals surface area contributed by atoms with Gasteiger partial charge in [0.2, 0.25) is 0 Å². The molecule has 24 heavy (non-hydrogen) atoms. The number of aromatic nitrogens is 2. The second kappa shape index (κ2) is 6.95. The lowest BCUT2D eigenvalue weighted by Crippen LogP contribution is -2.15. The van der Waals surface area contributed by atoms with Gasteiger partial charge in [0.25, 0.3) is 0 Å². The third-order valence-electron chi connectivity index (χ3n) is 3.70. The van der Waals surface area contributed by atoms with Crippen LogP contribution in [0.5, 0.6) is 0 Å². The molecule has 0 amide bonds. The Hall–Kier alpha value is -3.15. The first-order valence-corrected chi connectivity index (χ1v) is 7.52. The molecule has 3 N–H and O–H groups in total. The van der Waals surface area contributed by atoms with Crippen molar-refractivity contribution in [1.29, 1.82) is 0 Å². The summed E-state index contributed by atoms with van der Waals surface area (Å²) in [4.78, 5) is 10.4. The van der Waals surface area contributed by atoms with E-state index in [0.717, 1.165) is 11.3 Å². The average Bonchev–Trinajstić information content (AvgIpc) is 2.62. The van der Waals surface area contributed by atoms with Crippen molar-refractivity contribution < 1.29 is 4.39 Å². The van der Waals surface area contributed by atoms with E-state index >= 15 is 0 Å². The van der Waals surface area contributed by atoms with E-state index in [0.29, 0.717) is 23.9 Å². The second-order valence-electron chi connectivity index (χ2n) is 5.33. The van der Waals surface area contributed by atoms with Gasteiger partial charge >= 0.3 is 0 Å². The Bertz CT molecular complexity index is 805. The van der Waals surface area contributed by atoms with E-state index < -0.39 is 0 Å². The van der Waals surface area contributed by atoms with Gasteiger partial charge in [-0.3, -0.25) is 0 Å². The molecule has 6 heteroatoms. The minimum Gasteiger partial charge on any atom is -0.393 e. The topological polar surface area (TPSA) is 67.1 Å². The third-order valence-corrected chi connectivity index (χ3v) is 3.70. The number of anilines is 4. The number of rotatable bonds is 5. The molecule has 2 aromatic carbocycles. The molecule has 5 nitrogen and oxygen atoms in total. The number of hydrogen-bond donors (Lipinski definition) is 2. The molecule has 0 spiro atoms. The van der Waals surface area contributed by atoms with Gasteiger partial charge in [-0.25, -0.2) is 14.4 Å². The molecule has 122 valence electrons. The molecule has 0 saturated heterocycles. The number of para-hydroxylation sites is 1. The Morgan fingerprint density at radius 2 is 1.75 bits per heavy atom. The predicted molar refractivity (Wildman–Crippen MR) is 94.7 cm³/mol. The summed E-state index contributed by atoms with van der Waals surface area (Å²) < 4.78 is 13.0. The van der Waals surface area contributed by atoms with Crippen molar-refractivity contribution >= 4 is 23.0 Å². The fraction of sp³-hybridized carbons (Fsp3) is 0.111. The number of nitrogens with one attached hydrogen (secondary N) is 1. The van der Waals surface area contributed by atoms with Crippen LogP contribution in [0, 0.1) is 5.82 Å². The molecule has 3 rings (SSSR count). The standard InChI is InChI=1S/C18H18FN5/c1-24(15-5-3-2-4-6-15)18-16(20)17(22-12-23-18)21-11-13-7-9-14(19)10-8-13/h2-10,12H,11,20H2,1H3,(H,21,22,23). The van der Waals surface area contributed by atoms with E-state index in [4.69, 9.17) is 5.73 Å². The highest BCUT2D eigenvalue weighted by atomic mass is 19.1. The fourth-order valence-corrected chi connectivity index (χ4v) is 2.36. The molecule has 0 aliphatic carbocycles. The molecule has 0 unspecified atom stereocenters. The number of hydrogen-bond acceptors (Lipinski definition) is 5. The van der Waals surface area contributed by atoms with Crippen LogP contribution < -0.4 is 16.0 Å². The van der Waals surface area contributed by atoms with Gasteiger partial charge in [0.15, 0.2) is 11.6 Å². The van der Waals surface area contributed by atoms with Crippen molar-refractivity contribution in [2.45, 2.75) is 6.54 Å². The Labute approximate surface area is 140 Å². The van der Waals surface area contributed by atoms with Crippen LogP contribution in [-0.4, -0.2) is 17.0 Å². The van der Waals surface area contributed by atoms with E-state index in [2.05, 4.69) is 15.3 Å². The van der Waals surface area contributed by atoms with Crippen LogP contribution in [0.2, 0.25) is 0 Å². The van der Waals surface area contributed by atoms with Crippen LogP contribution in [0.25, 0.3) is 0 Å². The van der Waals surface area contributed by atoms with E-state index in [1.165, 1.54) is 18.5 Å². The van der Waals surface area contributed by atoms with Crippen molar-refractivity contribution in [3.63, 3.8) is 0 Å². The van der Waals surface area contributed by atoms with E-state index in [1.54, 1.807) is 12.1 Å². The molecule has 0 atom stereocenters. The summed E-state index contributed by atoms with van der Waals surface area (Å²) in [5.74, 6) is 0.914. The molecule has 0 bridgehead atoms. The lowest BCUT2D eigenvalue weighted by molar-refractivity contribution is 0.627. The second-order valence-corrected chi connectivity index (χ2v) is 5.33. The molecule has 0 fully saturated rings. The smallest absolute Gasteiger partial charge is 0.161 e. The first kappa shape index (κ1) is 15.7. The van der Waals surface area contributed by atoms with Crippen LogP contribution in [0.3, 0.4) is 0 Å². The Morgan fingerprint density at radius 3 is 2.46 bits per heavy atom. The number of nitrogens with two attached hydrogens (primary N) is 1. The maximum Gasteiger partial charge on any atom is 0.161 e. The summed E-state index contributed by atoms with van der Waals surface area (Å²) >= 11 is 0. The Balaban J connectivity index is 1.79. The zero-order chi connectivity index (χ0) is 16.9. The minimum atomic E-state index is -0.257. The summed E-state index contributed by atoms with van der Waals surface area (Å²) in [5.41, 5.74) is 8.60. The lowest BCUT2D eigenvalue weighted by Gasteiger charge is -2.21. The van der Waals surface area contributed by atoms with Gasteiger partial charge in [-0.2, -0.15) is 0 Å². The zero-order valence-corrected chi connectivity index (χ0v) is 13.3. The SMILES string of the molecule is CN(c1ccccc1)c1ncnc(NCc2ccc(F)cc2)c1N. The highest BCUT2D eigenvalue weighted by Crippen LogP contribution is 2.30. The first-order chi connectivity index (χ1) is 11.6. The molecule has 3 aromatic rings. The Morgan fingerprint density at radius 1 is 1.04 bits per heavy atom. The minimum absolute atomic E-state index is 0.257. The van der Waals surface area contributed by atoms with Crippen LogP contribution in [0.4, 0.5) is 27.4 Å². The third kappa shape index (κ3) is 3.43. The molecular formula is C18H18FN5. The van der Waals surface area contributed by atoms with E-state index in [-0.39, 0.29) is 5.82 Å². The number of benzene rings is 2. The van der Waals surface area contributed by atoms with Crippen molar-refractivity contribution in [2.75, 3.05) is 23.0 Å². The maximum atomic E-state index is 13.0. The number of nitrogens with zero attached hydrogens (tertiary/aromatic N) is 3. The van der Waals surface area contributed by atoms with Crippen LogP contribution in [-0.2, 0) is 6.54 Å². The lowest BCUT2D eigenvalue weighted by atomic mass is 10.2. The van der Waals surface area contributed by atoms with Gasteiger partial charge < -0.3 is 16.0 Å². The number of halogens is 1. The predicted octanol–water partition coefficient (Wildman–Crippen LogP) is 3.58. The maximum absolute atomic E-state index is 13.0. The normalized spacial score (nSPS) is 10.4. The molecular weight excluding hydrogens is 305 g/mol. The largest absolute Gasteiger partial charge is 0.393 e. The van der Waals surface area contributed by atoms with Crippen LogP contribution in [0.15, 0.2) is 60.9 Å². The Kier molecular flexibility index (Phi) is 4.56. The van der Waals surface area contributed by atoms with Gasteiger partial charge in [-0.05, 0) is 29.8 Å². The monoisotopic (exact) mass is 323 g/mol. The fourth-order valence-electron chi connectivity index (χ4n) is 2.36. The number of nitrogen functional groups attached to an aromatic ring is 1. The van der Waals surface area contributed by atoms with E-state index in [1.807, 2.05) is 42.3 Å². The highest BCUT2D eigenvalue weighted by molar-refractivity contribution is 5.78. The van der Waals surface area contributed by atoms with Crippen molar-refractivity contribution in [1.82, 2.24) is 9.97 Å². The highest BCUT2D eigenvalue weighted by Gasteiger charge is 2.13. The summed E-state index contributed by atoms with van der Waals surface area (Å²) in [7, 11) is 1.90. The van der Waals surface area contributed by atoms with Crippen LogP contribution >= 0.6 is 0 Å². The van der Waals surface area contributed by atoms with Gasteiger partial charge in [0.05, 0.1) is 0 Å². The van der Waals surface area contributed by atoms with Gasteiger partial charge in [-0.1, -0.05) is 30.3 Å². The van der Waals surface area contributed by atoms with Crippen molar-refractivity contribution in [3.8, 4) is 0 Å². The molecule has 1 aromatic heterocycles. The molecule has 0 saturated carbocycles. The first-order valence-electron chi connectivity index (χ1n) is 7.52. The average molecular weight is 323 g/mol.